The summed E-state index contributed by atoms with van der Waals surface area (Å²) >= 11 is 1.65. The molecule has 4 nitrogen and oxygen atoms in total. The normalized spacial score (nSPS) is 17.0. The van der Waals surface area contributed by atoms with Gasteiger partial charge in [-0.1, -0.05) is 42.5 Å². The van der Waals surface area contributed by atoms with Gasteiger partial charge in [-0.3, -0.25) is 9.59 Å². The topological polar surface area (TPSA) is 49.4 Å². The summed E-state index contributed by atoms with van der Waals surface area (Å²) in [5.41, 5.74) is 2.94. The molecule has 2 aromatic carbocycles. The van der Waals surface area contributed by atoms with E-state index in [1.165, 1.54) is 5.56 Å². The standard InChI is InChI=1S/C21H24N2O2S/c1-15(2)22-20(25)17-8-10-18(11-9-17)21-23(19(24)14-26-21)13-12-16-6-4-3-5-7-16/h3-11,15,21H,12-14H2,1-2H3,(H,22,25). The second-order valence-corrected chi connectivity index (χ2v) is 7.80. The van der Waals surface area contributed by atoms with Crippen molar-refractivity contribution in [2.75, 3.05) is 12.3 Å². The van der Waals surface area contributed by atoms with Gasteiger partial charge in [-0.15, -0.1) is 11.8 Å². The zero-order valence-electron chi connectivity index (χ0n) is 15.1. The number of thioether (sulfide) groups is 1. The van der Waals surface area contributed by atoms with Crippen molar-refractivity contribution in [2.24, 2.45) is 0 Å². The van der Waals surface area contributed by atoms with Crippen LogP contribution < -0.4 is 5.32 Å². The predicted octanol–water partition coefficient (Wildman–Crippen LogP) is 3.64. The third-order valence-corrected chi connectivity index (χ3v) is 5.59. The summed E-state index contributed by atoms with van der Waals surface area (Å²) in [6.45, 7) is 4.59. The van der Waals surface area contributed by atoms with E-state index < -0.39 is 0 Å². The fourth-order valence-electron chi connectivity index (χ4n) is 3.01. The van der Waals surface area contributed by atoms with Crippen LogP contribution in [0.15, 0.2) is 54.6 Å². The molecule has 1 saturated heterocycles. The predicted molar refractivity (Wildman–Crippen MR) is 106 cm³/mol. The molecule has 0 radical (unpaired) electrons. The Hall–Kier alpha value is -2.27. The highest BCUT2D eigenvalue weighted by atomic mass is 32.2. The van der Waals surface area contributed by atoms with Crippen LogP contribution in [-0.4, -0.2) is 35.1 Å². The van der Waals surface area contributed by atoms with Crippen LogP contribution in [0.1, 0.15) is 40.7 Å². The Kier molecular flexibility index (Phi) is 5.99. The van der Waals surface area contributed by atoms with E-state index in [4.69, 9.17) is 0 Å². The zero-order chi connectivity index (χ0) is 18.5. The monoisotopic (exact) mass is 368 g/mol. The SMILES string of the molecule is CC(C)NC(=O)c1ccc(C2SCC(=O)N2CCc2ccccc2)cc1. The van der Waals surface area contributed by atoms with Crippen LogP contribution in [0.2, 0.25) is 0 Å². The van der Waals surface area contributed by atoms with Gasteiger partial charge in [-0.05, 0) is 43.5 Å². The average molecular weight is 369 g/mol. The maximum atomic E-state index is 12.3. The summed E-state index contributed by atoms with van der Waals surface area (Å²) < 4.78 is 0. The Morgan fingerprint density at radius 3 is 2.50 bits per heavy atom. The minimum atomic E-state index is -0.0670. The Labute approximate surface area is 159 Å². The number of rotatable bonds is 6. The highest BCUT2D eigenvalue weighted by molar-refractivity contribution is 8.00. The van der Waals surface area contributed by atoms with Crippen molar-refractivity contribution in [2.45, 2.75) is 31.7 Å². The Balaban J connectivity index is 1.68. The van der Waals surface area contributed by atoms with Crippen LogP contribution in [0.25, 0.3) is 0 Å². The van der Waals surface area contributed by atoms with Crippen molar-refractivity contribution in [3.8, 4) is 0 Å². The molecule has 1 aliphatic heterocycles. The Morgan fingerprint density at radius 1 is 1.15 bits per heavy atom. The average Bonchev–Trinajstić information content (AvgIpc) is 3.01. The largest absolute Gasteiger partial charge is 0.350 e. The van der Waals surface area contributed by atoms with Gasteiger partial charge >= 0.3 is 0 Å². The molecule has 3 rings (SSSR count). The molecule has 0 bridgehead atoms. The summed E-state index contributed by atoms with van der Waals surface area (Å²) in [7, 11) is 0. The summed E-state index contributed by atoms with van der Waals surface area (Å²) in [5, 5.41) is 2.92. The molecule has 1 atom stereocenters. The molecule has 0 spiro atoms. The Bertz CT molecular complexity index is 759. The number of benzene rings is 2. The van der Waals surface area contributed by atoms with Gasteiger partial charge < -0.3 is 10.2 Å². The van der Waals surface area contributed by atoms with Crippen molar-refractivity contribution >= 4 is 23.6 Å². The van der Waals surface area contributed by atoms with Crippen LogP contribution >= 0.6 is 11.8 Å². The third kappa shape index (κ3) is 4.47. The van der Waals surface area contributed by atoms with Crippen molar-refractivity contribution in [1.82, 2.24) is 10.2 Å². The first-order valence-corrected chi connectivity index (χ1v) is 9.95. The molecular weight excluding hydrogens is 344 g/mol. The van der Waals surface area contributed by atoms with Gasteiger partial charge in [0.25, 0.3) is 5.91 Å². The van der Waals surface area contributed by atoms with Crippen molar-refractivity contribution < 1.29 is 9.59 Å². The van der Waals surface area contributed by atoms with E-state index in [2.05, 4.69) is 17.4 Å². The molecule has 0 aliphatic carbocycles. The second-order valence-electron chi connectivity index (χ2n) is 6.74. The van der Waals surface area contributed by atoms with E-state index >= 15 is 0 Å². The number of hydrogen-bond acceptors (Lipinski definition) is 3. The first-order chi connectivity index (χ1) is 12.5. The maximum absolute atomic E-state index is 12.3. The van der Waals surface area contributed by atoms with Gasteiger partial charge in [0.1, 0.15) is 5.37 Å². The number of carbonyl (C=O) groups is 2. The van der Waals surface area contributed by atoms with Crippen LogP contribution in [0, 0.1) is 0 Å². The van der Waals surface area contributed by atoms with Crippen LogP contribution in [-0.2, 0) is 11.2 Å². The van der Waals surface area contributed by atoms with Gasteiger partial charge in [0.15, 0.2) is 0 Å². The molecule has 1 N–H and O–H groups in total. The van der Waals surface area contributed by atoms with E-state index in [-0.39, 0.29) is 23.2 Å². The summed E-state index contributed by atoms with van der Waals surface area (Å²) in [6, 6.07) is 17.9. The van der Waals surface area contributed by atoms with Crippen LogP contribution in [0.5, 0.6) is 0 Å². The van der Waals surface area contributed by atoms with Gasteiger partial charge in [0, 0.05) is 18.2 Å². The third-order valence-electron chi connectivity index (χ3n) is 4.33. The highest BCUT2D eigenvalue weighted by Crippen LogP contribution is 2.38. The molecule has 0 saturated carbocycles. The van der Waals surface area contributed by atoms with E-state index in [1.807, 2.05) is 61.2 Å². The molecule has 2 aromatic rings. The van der Waals surface area contributed by atoms with E-state index in [1.54, 1.807) is 11.8 Å². The smallest absolute Gasteiger partial charge is 0.251 e. The minimum absolute atomic E-state index is 0.0217. The fourth-order valence-corrected chi connectivity index (χ4v) is 4.23. The first kappa shape index (κ1) is 18.5. The molecule has 1 heterocycles. The lowest BCUT2D eigenvalue weighted by molar-refractivity contribution is -0.128. The molecule has 1 fully saturated rings. The fraction of sp³-hybridized carbons (Fsp3) is 0.333. The minimum Gasteiger partial charge on any atom is -0.350 e. The lowest BCUT2D eigenvalue weighted by atomic mass is 10.1. The lowest BCUT2D eigenvalue weighted by Gasteiger charge is -2.24. The van der Waals surface area contributed by atoms with Gasteiger partial charge in [0.2, 0.25) is 5.91 Å². The number of carbonyl (C=O) groups excluding carboxylic acids is 2. The molecular formula is C21H24N2O2S. The van der Waals surface area contributed by atoms with Crippen molar-refractivity contribution in [3.63, 3.8) is 0 Å². The summed E-state index contributed by atoms with van der Waals surface area (Å²) in [4.78, 5) is 26.3. The highest BCUT2D eigenvalue weighted by Gasteiger charge is 2.32. The van der Waals surface area contributed by atoms with Gasteiger partial charge in [-0.25, -0.2) is 0 Å². The second kappa shape index (κ2) is 8.41. The van der Waals surface area contributed by atoms with Crippen LogP contribution in [0.4, 0.5) is 0 Å². The molecule has 136 valence electrons. The van der Waals surface area contributed by atoms with Gasteiger partial charge in [0.05, 0.1) is 5.75 Å². The maximum Gasteiger partial charge on any atom is 0.251 e. The van der Waals surface area contributed by atoms with E-state index in [0.29, 0.717) is 17.9 Å². The molecule has 2 amide bonds. The molecule has 26 heavy (non-hydrogen) atoms. The number of nitrogens with zero attached hydrogens (tertiary/aromatic N) is 1. The molecule has 5 heteroatoms. The molecule has 0 aromatic heterocycles. The molecule has 1 aliphatic rings. The first-order valence-electron chi connectivity index (χ1n) is 8.90. The van der Waals surface area contributed by atoms with E-state index in [9.17, 15) is 9.59 Å². The number of amides is 2. The van der Waals surface area contributed by atoms with Crippen molar-refractivity contribution in [1.29, 1.82) is 0 Å². The molecule has 1 unspecified atom stereocenters. The van der Waals surface area contributed by atoms with Crippen molar-refractivity contribution in [3.05, 3.63) is 71.3 Å². The quantitative estimate of drug-likeness (QED) is 0.847. The summed E-state index contributed by atoms with van der Waals surface area (Å²) in [6.07, 6.45) is 0.846. The zero-order valence-corrected chi connectivity index (χ0v) is 16.0. The Morgan fingerprint density at radius 2 is 1.85 bits per heavy atom. The van der Waals surface area contributed by atoms with E-state index in [0.717, 1.165) is 12.0 Å². The summed E-state index contributed by atoms with van der Waals surface area (Å²) in [5.74, 6) is 0.620. The van der Waals surface area contributed by atoms with Crippen LogP contribution in [0.3, 0.4) is 0 Å². The number of nitrogens with one attached hydrogen (secondary N) is 1. The van der Waals surface area contributed by atoms with Gasteiger partial charge in [-0.2, -0.15) is 0 Å². The number of hydrogen-bond donors (Lipinski definition) is 1. The lowest BCUT2D eigenvalue weighted by Crippen LogP contribution is -2.31.